The van der Waals surface area contributed by atoms with Crippen LogP contribution in [-0.2, 0) is 9.59 Å². The minimum Gasteiger partial charge on any atom is -0.480 e. The Hall–Kier alpha value is -2.40. The number of nitrogens with zero attached hydrogens (tertiary/aromatic N) is 2. The highest BCUT2D eigenvalue weighted by molar-refractivity contribution is 6.07. The first-order valence-electron chi connectivity index (χ1n) is 9.95. The van der Waals surface area contributed by atoms with E-state index in [2.05, 4.69) is 32.6 Å². The summed E-state index contributed by atoms with van der Waals surface area (Å²) in [5.41, 5.74) is 0.645. The first-order valence-corrected chi connectivity index (χ1v) is 9.95. The van der Waals surface area contributed by atoms with Crippen LogP contribution in [0.15, 0.2) is 42.5 Å². The number of carboxylic acid groups (broad SMARTS) is 1. The van der Waals surface area contributed by atoms with Gasteiger partial charge in [0.05, 0.1) is 12.2 Å². The number of carbonyl (C=O) groups excluding carboxylic acids is 1. The van der Waals surface area contributed by atoms with Crippen molar-refractivity contribution in [2.45, 2.75) is 40.7 Å². The van der Waals surface area contributed by atoms with Gasteiger partial charge in [-0.3, -0.25) is 14.6 Å². The molecule has 0 saturated carbocycles. The van der Waals surface area contributed by atoms with E-state index >= 15 is 0 Å². The fourth-order valence-electron chi connectivity index (χ4n) is 3.59. The molecule has 0 unspecified atom stereocenters. The average molecular weight is 385 g/mol. The summed E-state index contributed by atoms with van der Waals surface area (Å²) in [6.45, 7) is 11.9. The predicted molar refractivity (Wildman–Crippen MR) is 115 cm³/mol. The van der Waals surface area contributed by atoms with Crippen molar-refractivity contribution in [3.05, 3.63) is 42.5 Å². The van der Waals surface area contributed by atoms with Crippen LogP contribution in [0.1, 0.15) is 34.6 Å². The highest BCUT2D eigenvalue weighted by atomic mass is 16.4. The first kappa shape index (κ1) is 21.9. The molecule has 5 heteroatoms. The molecule has 5 nitrogen and oxygen atoms in total. The third-order valence-electron chi connectivity index (χ3n) is 4.65. The summed E-state index contributed by atoms with van der Waals surface area (Å²) in [7, 11) is 0. The maximum atomic E-state index is 13.3. The third-order valence-corrected chi connectivity index (χ3v) is 4.65. The van der Waals surface area contributed by atoms with E-state index in [0.717, 1.165) is 23.9 Å². The summed E-state index contributed by atoms with van der Waals surface area (Å²) < 4.78 is 0. The SMILES string of the molecule is CC(C)CN(CC(=O)N(c1cccc2ccccc12)[C@@H](C)C(=O)O)CC(C)C. The van der Waals surface area contributed by atoms with Crippen molar-refractivity contribution >= 4 is 28.3 Å². The number of amides is 1. The average Bonchev–Trinajstić information content (AvgIpc) is 2.60. The van der Waals surface area contributed by atoms with E-state index in [9.17, 15) is 14.7 Å². The molecule has 28 heavy (non-hydrogen) atoms. The lowest BCUT2D eigenvalue weighted by Crippen LogP contribution is -2.49. The number of carboxylic acids is 1. The fourth-order valence-corrected chi connectivity index (χ4v) is 3.59. The van der Waals surface area contributed by atoms with Crippen molar-refractivity contribution in [1.29, 1.82) is 0 Å². The van der Waals surface area contributed by atoms with Crippen LogP contribution in [0.25, 0.3) is 10.8 Å². The van der Waals surface area contributed by atoms with E-state index in [0.29, 0.717) is 17.5 Å². The number of benzene rings is 2. The minimum absolute atomic E-state index is 0.187. The molecule has 0 aliphatic heterocycles. The van der Waals surface area contributed by atoms with Crippen molar-refractivity contribution < 1.29 is 14.7 Å². The van der Waals surface area contributed by atoms with E-state index in [4.69, 9.17) is 0 Å². The van der Waals surface area contributed by atoms with Crippen molar-refractivity contribution in [2.75, 3.05) is 24.5 Å². The molecule has 1 atom stereocenters. The minimum atomic E-state index is -1.01. The number of aliphatic carboxylic acids is 1. The molecule has 0 aromatic heterocycles. The number of carbonyl (C=O) groups is 2. The topological polar surface area (TPSA) is 60.9 Å². The summed E-state index contributed by atoms with van der Waals surface area (Å²) in [6.07, 6.45) is 0. The third kappa shape index (κ3) is 5.55. The molecule has 2 aromatic rings. The summed E-state index contributed by atoms with van der Waals surface area (Å²) in [6, 6.07) is 12.5. The largest absolute Gasteiger partial charge is 0.480 e. The van der Waals surface area contributed by atoms with E-state index in [-0.39, 0.29) is 12.5 Å². The van der Waals surface area contributed by atoms with Gasteiger partial charge in [0, 0.05) is 18.5 Å². The van der Waals surface area contributed by atoms with Crippen LogP contribution in [0.2, 0.25) is 0 Å². The number of fused-ring (bicyclic) bond motifs is 1. The fraction of sp³-hybridized carbons (Fsp3) is 0.478. The smallest absolute Gasteiger partial charge is 0.326 e. The lowest BCUT2D eigenvalue weighted by atomic mass is 10.1. The van der Waals surface area contributed by atoms with Crippen LogP contribution in [0.3, 0.4) is 0 Å². The first-order chi connectivity index (χ1) is 13.2. The zero-order chi connectivity index (χ0) is 20.8. The maximum absolute atomic E-state index is 13.3. The van der Waals surface area contributed by atoms with Crippen molar-refractivity contribution in [1.82, 2.24) is 4.90 Å². The van der Waals surface area contributed by atoms with Crippen LogP contribution >= 0.6 is 0 Å². The molecule has 0 radical (unpaired) electrons. The van der Waals surface area contributed by atoms with Gasteiger partial charge in [-0.15, -0.1) is 0 Å². The Morgan fingerprint density at radius 2 is 1.46 bits per heavy atom. The molecule has 0 aliphatic carbocycles. The predicted octanol–water partition coefficient (Wildman–Crippen LogP) is 4.26. The normalized spacial score (nSPS) is 12.7. The van der Waals surface area contributed by atoms with Crippen LogP contribution in [0.4, 0.5) is 5.69 Å². The van der Waals surface area contributed by atoms with Crippen molar-refractivity contribution in [3.63, 3.8) is 0 Å². The Morgan fingerprint density at radius 1 is 0.893 bits per heavy atom. The van der Waals surface area contributed by atoms with E-state index in [1.54, 1.807) is 6.92 Å². The Balaban J connectivity index is 2.42. The lowest BCUT2D eigenvalue weighted by Gasteiger charge is -2.32. The Labute approximate surface area is 167 Å². The lowest BCUT2D eigenvalue weighted by molar-refractivity contribution is -0.139. The summed E-state index contributed by atoms with van der Waals surface area (Å²) >= 11 is 0. The maximum Gasteiger partial charge on any atom is 0.326 e. The molecule has 2 aromatic carbocycles. The number of anilines is 1. The van der Waals surface area contributed by atoms with E-state index in [1.807, 2.05) is 42.5 Å². The van der Waals surface area contributed by atoms with Crippen LogP contribution in [-0.4, -0.2) is 47.6 Å². The van der Waals surface area contributed by atoms with Crippen LogP contribution < -0.4 is 4.90 Å². The highest BCUT2D eigenvalue weighted by Crippen LogP contribution is 2.28. The van der Waals surface area contributed by atoms with E-state index < -0.39 is 12.0 Å². The van der Waals surface area contributed by atoms with Crippen LogP contribution in [0, 0.1) is 11.8 Å². The summed E-state index contributed by atoms with van der Waals surface area (Å²) in [4.78, 5) is 28.7. The highest BCUT2D eigenvalue weighted by Gasteiger charge is 2.29. The Kier molecular flexibility index (Phi) is 7.58. The summed E-state index contributed by atoms with van der Waals surface area (Å²) in [5, 5.41) is 11.5. The van der Waals surface area contributed by atoms with Gasteiger partial charge in [-0.1, -0.05) is 64.1 Å². The van der Waals surface area contributed by atoms with E-state index in [1.165, 1.54) is 4.90 Å². The van der Waals surface area contributed by atoms with Crippen molar-refractivity contribution in [3.8, 4) is 0 Å². The van der Waals surface area contributed by atoms with Crippen LogP contribution in [0.5, 0.6) is 0 Å². The van der Waals surface area contributed by atoms with Gasteiger partial charge >= 0.3 is 5.97 Å². The molecular formula is C23H32N2O3. The molecule has 0 spiro atoms. The molecule has 0 heterocycles. The molecule has 0 aliphatic rings. The standard InChI is InChI=1S/C23H32N2O3/c1-16(2)13-24(14-17(3)4)15-22(26)25(18(5)23(27)28)21-12-8-10-19-9-6-7-11-20(19)21/h6-12,16-18H,13-15H2,1-5H3,(H,27,28)/t18-/m0/s1. The van der Waals surface area contributed by atoms with Crippen molar-refractivity contribution in [2.24, 2.45) is 11.8 Å². The molecule has 1 N–H and O–H groups in total. The van der Waals surface area contributed by atoms with Gasteiger partial charge in [-0.25, -0.2) is 4.79 Å². The van der Waals surface area contributed by atoms with Gasteiger partial charge < -0.3 is 5.11 Å². The Bertz CT molecular complexity index is 801. The quantitative estimate of drug-likeness (QED) is 0.702. The second-order valence-electron chi connectivity index (χ2n) is 8.26. The molecule has 0 saturated heterocycles. The number of rotatable bonds is 9. The number of hydrogen-bond donors (Lipinski definition) is 1. The molecular weight excluding hydrogens is 352 g/mol. The van der Waals surface area contributed by atoms with Gasteiger partial charge in [-0.05, 0) is 30.2 Å². The van der Waals surface area contributed by atoms with Gasteiger partial charge in [0.15, 0.2) is 0 Å². The monoisotopic (exact) mass is 384 g/mol. The zero-order valence-electron chi connectivity index (χ0n) is 17.6. The second kappa shape index (κ2) is 9.69. The Morgan fingerprint density at radius 3 is 2.04 bits per heavy atom. The summed E-state index contributed by atoms with van der Waals surface area (Å²) in [5.74, 6) is -0.350. The second-order valence-corrected chi connectivity index (χ2v) is 8.26. The molecule has 152 valence electrons. The van der Waals surface area contributed by atoms with Gasteiger partial charge in [-0.2, -0.15) is 0 Å². The molecule has 1 amide bonds. The van der Waals surface area contributed by atoms with Gasteiger partial charge in [0.1, 0.15) is 6.04 Å². The van der Waals surface area contributed by atoms with Gasteiger partial charge in [0.2, 0.25) is 5.91 Å². The van der Waals surface area contributed by atoms with Gasteiger partial charge in [0.25, 0.3) is 0 Å². The zero-order valence-corrected chi connectivity index (χ0v) is 17.6. The molecule has 2 rings (SSSR count). The molecule has 0 fully saturated rings. The number of hydrogen-bond acceptors (Lipinski definition) is 3. The molecule has 0 bridgehead atoms.